The molecule has 3 heteroatoms. The van der Waals surface area contributed by atoms with E-state index in [0.717, 1.165) is 18.4 Å². The molecule has 17 heavy (non-hydrogen) atoms. The van der Waals surface area contributed by atoms with E-state index in [0.29, 0.717) is 12.6 Å². The Labute approximate surface area is 103 Å². The molecular formula is C14H22FNO. The molecule has 1 rings (SSSR count). The largest absolute Gasteiger partial charge is 0.383 e. The van der Waals surface area contributed by atoms with Crippen molar-refractivity contribution in [1.82, 2.24) is 5.32 Å². The molecule has 0 radical (unpaired) electrons. The van der Waals surface area contributed by atoms with Gasteiger partial charge in [-0.05, 0) is 30.5 Å². The average molecular weight is 239 g/mol. The Morgan fingerprint density at radius 1 is 1.29 bits per heavy atom. The van der Waals surface area contributed by atoms with Crippen molar-refractivity contribution >= 4 is 0 Å². The van der Waals surface area contributed by atoms with Gasteiger partial charge in [-0.3, -0.25) is 0 Å². The summed E-state index contributed by atoms with van der Waals surface area (Å²) in [5.41, 5.74) is 1.00. The van der Waals surface area contributed by atoms with Crippen molar-refractivity contribution in [3.8, 4) is 0 Å². The third-order valence-electron chi connectivity index (χ3n) is 2.96. The zero-order chi connectivity index (χ0) is 12.7. The van der Waals surface area contributed by atoms with Gasteiger partial charge >= 0.3 is 0 Å². The molecule has 0 saturated carbocycles. The Morgan fingerprint density at radius 3 is 2.59 bits per heavy atom. The van der Waals surface area contributed by atoms with E-state index in [2.05, 4.69) is 19.2 Å². The molecule has 0 heterocycles. The highest BCUT2D eigenvalue weighted by molar-refractivity contribution is 5.20. The molecule has 0 saturated heterocycles. The van der Waals surface area contributed by atoms with E-state index in [-0.39, 0.29) is 11.9 Å². The van der Waals surface area contributed by atoms with Gasteiger partial charge in [0.2, 0.25) is 0 Å². The van der Waals surface area contributed by atoms with E-state index in [1.54, 1.807) is 19.2 Å². The molecule has 2 atom stereocenters. The number of ether oxygens (including phenoxy) is 1. The number of halogens is 1. The summed E-state index contributed by atoms with van der Waals surface area (Å²) in [6.45, 7) is 4.90. The summed E-state index contributed by atoms with van der Waals surface area (Å²) in [5, 5.41) is 3.51. The predicted octanol–water partition coefficient (Wildman–Crippen LogP) is 3.29. The van der Waals surface area contributed by atoms with Crippen LogP contribution in [-0.2, 0) is 4.74 Å². The first kappa shape index (κ1) is 14.1. The fraction of sp³-hybridized carbons (Fsp3) is 0.571. The highest BCUT2D eigenvalue weighted by Crippen LogP contribution is 2.18. The van der Waals surface area contributed by atoms with Crippen LogP contribution in [0.3, 0.4) is 0 Å². The molecule has 0 aromatic heterocycles. The molecule has 0 aliphatic rings. The highest BCUT2D eigenvalue weighted by atomic mass is 19.1. The first-order valence-corrected chi connectivity index (χ1v) is 6.21. The van der Waals surface area contributed by atoms with E-state index >= 15 is 0 Å². The summed E-state index contributed by atoms with van der Waals surface area (Å²) < 4.78 is 18.3. The Bertz CT molecular complexity index is 330. The van der Waals surface area contributed by atoms with E-state index < -0.39 is 0 Å². The lowest BCUT2D eigenvalue weighted by atomic mass is 10.0. The lowest BCUT2D eigenvalue weighted by Crippen LogP contribution is -2.35. The van der Waals surface area contributed by atoms with Crippen LogP contribution >= 0.6 is 0 Å². The SMILES string of the molecule is CCC(COC)NC(CC)c1cccc(F)c1. The summed E-state index contributed by atoms with van der Waals surface area (Å²) in [5.74, 6) is -0.178. The van der Waals surface area contributed by atoms with Crippen molar-refractivity contribution in [1.29, 1.82) is 0 Å². The summed E-state index contributed by atoms with van der Waals surface area (Å²) in [6, 6.07) is 7.29. The molecule has 1 aromatic rings. The average Bonchev–Trinajstić information content (AvgIpc) is 2.34. The monoisotopic (exact) mass is 239 g/mol. The normalized spacial score (nSPS) is 14.6. The molecule has 96 valence electrons. The molecule has 0 bridgehead atoms. The van der Waals surface area contributed by atoms with Crippen molar-refractivity contribution in [2.24, 2.45) is 0 Å². The van der Waals surface area contributed by atoms with Gasteiger partial charge in [0.25, 0.3) is 0 Å². The second-order valence-corrected chi connectivity index (χ2v) is 4.24. The smallest absolute Gasteiger partial charge is 0.123 e. The Morgan fingerprint density at radius 2 is 2.06 bits per heavy atom. The van der Waals surface area contributed by atoms with Crippen LogP contribution in [0.15, 0.2) is 24.3 Å². The fourth-order valence-corrected chi connectivity index (χ4v) is 1.94. The maximum Gasteiger partial charge on any atom is 0.123 e. The molecular weight excluding hydrogens is 217 g/mol. The zero-order valence-electron chi connectivity index (χ0n) is 10.9. The summed E-state index contributed by atoms with van der Waals surface area (Å²) >= 11 is 0. The second kappa shape index (κ2) is 7.41. The van der Waals surface area contributed by atoms with Gasteiger partial charge in [-0.25, -0.2) is 4.39 Å². The van der Waals surface area contributed by atoms with Gasteiger partial charge in [0.15, 0.2) is 0 Å². The number of nitrogens with one attached hydrogen (secondary N) is 1. The van der Waals surface area contributed by atoms with Crippen LogP contribution in [0.25, 0.3) is 0 Å². The summed E-state index contributed by atoms with van der Waals surface area (Å²) in [4.78, 5) is 0. The third-order valence-corrected chi connectivity index (χ3v) is 2.96. The number of hydrogen-bond donors (Lipinski definition) is 1. The molecule has 1 N–H and O–H groups in total. The molecule has 0 fully saturated rings. The lowest BCUT2D eigenvalue weighted by molar-refractivity contribution is 0.158. The quantitative estimate of drug-likeness (QED) is 0.788. The minimum atomic E-state index is -0.178. The van der Waals surface area contributed by atoms with E-state index in [1.807, 2.05) is 6.07 Å². The van der Waals surface area contributed by atoms with Crippen molar-refractivity contribution in [3.63, 3.8) is 0 Å². The second-order valence-electron chi connectivity index (χ2n) is 4.24. The lowest BCUT2D eigenvalue weighted by Gasteiger charge is -2.24. The number of hydrogen-bond acceptors (Lipinski definition) is 2. The van der Waals surface area contributed by atoms with Gasteiger partial charge in [0.05, 0.1) is 6.61 Å². The minimum Gasteiger partial charge on any atom is -0.383 e. The Balaban J connectivity index is 2.70. The van der Waals surface area contributed by atoms with E-state index in [9.17, 15) is 4.39 Å². The molecule has 0 amide bonds. The van der Waals surface area contributed by atoms with Crippen molar-refractivity contribution < 1.29 is 9.13 Å². The predicted molar refractivity (Wildman–Crippen MR) is 68.5 cm³/mol. The number of methoxy groups -OCH3 is 1. The van der Waals surface area contributed by atoms with Gasteiger partial charge in [0.1, 0.15) is 5.82 Å². The van der Waals surface area contributed by atoms with E-state index in [4.69, 9.17) is 4.74 Å². The summed E-state index contributed by atoms with van der Waals surface area (Å²) in [7, 11) is 1.70. The maximum absolute atomic E-state index is 13.2. The summed E-state index contributed by atoms with van der Waals surface area (Å²) in [6.07, 6.45) is 1.93. The van der Waals surface area contributed by atoms with Crippen LogP contribution in [0.1, 0.15) is 38.3 Å². The standard InChI is InChI=1S/C14H22FNO/c1-4-13(10-17-3)16-14(5-2)11-7-6-8-12(15)9-11/h6-9,13-14,16H,4-5,10H2,1-3H3. The molecule has 2 nitrogen and oxygen atoms in total. The minimum absolute atomic E-state index is 0.178. The maximum atomic E-state index is 13.2. The first-order chi connectivity index (χ1) is 8.21. The van der Waals surface area contributed by atoms with Crippen LogP contribution in [0.4, 0.5) is 4.39 Å². The van der Waals surface area contributed by atoms with Crippen LogP contribution in [0.5, 0.6) is 0 Å². The highest BCUT2D eigenvalue weighted by Gasteiger charge is 2.14. The van der Waals surface area contributed by atoms with Crippen LogP contribution in [-0.4, -0.2) is 19.8 Å². The first-order valence-electron chi connectivity index (χ1n) is 6.21. The van der Waals surface area contributed by atoms with Crippen LogP contribution in [0.2, 0.25) is 0 Å². The fourth-order valence-electron chi connectivity index (χ4n) is 1.94. The van der Waals surface area contributed by atoms with Crippen molar-refractivity contribution in [2.45, 2.75) is 38.8 Å². The van der Waals surface area contributed by atoms with Gasteiger partial charge in [-0.1, -0.05) is 26.0 Å². The topological polar surface area (TPSA) is 21.3 Å². The molecule has 0 aliphatic carbocycles. The van der Waals surface area contributed by atoms with Gasteiger partial charge in [-0.15, -0.1) is 0 Å². The van der Waals surface area contributed by atoms with Gasteiger partial charge in [0, 0.05) is 19.2 Å². The number of rotatable bonds is 7. The Hall–Kier alpha value is -0.930. The van der Waals surface area contributed by atoms with Gasteiger partial charge in [-0.2, -0.15) is 0 Å². The van der Waals surface area contributed by atoms with Crippen LogP contribution in [0, 0.1) is 5.82 Å². The Kier molecular flexibility index (Phi) is 6.16. The third kappa shape index (κ3) is 4.44. The molecule has 2 unspecified atom stereocenters. The van der Waals surface area contributed by atoms with Crippen molar-refractivity contribution in [2.75, 3.05) is 13.7 Å². The van der Waals surface area contributed by atoms with Crippen LogP contribution < -0.4 is 5.32 Å². The molecule has 0 spiro atoms. The zero-order valence-corrected chi connectivity index (χ0v) is 10.9. The molecule has 1 aromatic carbocycles. The van der Waals surface area contributed by atoms with E-state index in [1.165, 1.54) is 6.07 Å². The van der Waals surface area contributed by atoms with Gasteiger partial charge < -0.3 is 10.1 Å². The van der Waals surface area contributed by atoms with Crippen molar-refractivity contribution in [3.05, 3.63) is 35.6 Å². The molecule has 0 aliphatic heterocycles. The number of benzene rings is 1.